The number of ether oxygens (including phenoxy) is 1. The maximum absolute atomic E-state index is 12.0. The molecule has 1 saturated heterocycles. The molecule has 1 heterocycles. The summed E-state index contributed by atoms with van der Waals surface area (Å²) >= 11 is 1.84. The lowest BCUT2D eigenvalue weighted by Crippen LogP contribution is -2.59. The van der Waals surface area contributed by atoms with Crippen LogP contribution in [-0.4, -0.2) is 36.7 Å². The number of thioether (sulfide) groups is 1. The molecule has 1 rings (SSSR count). The number of hydrogen-bond acceptors (Lipinski definition) is 4. The summed E-state index contributed by atoms with van der Waals surface area (Å²) in [5.41, 5.74) is -0.283. The molecule has 1 aliphatic rings. The van der Waals surface area contributed by atoms with Crippen LogP contribution in [0, 0.1) is 5.41 Å². The van der Waals surface area contributed by atoms with Gasteiger partial charge in [0.1, 0.15) is 5.54 Å². The molecule has 0 aromatic heterocycles. The summed E-state index contributed by atoms with van der Waals surface area (Å²) in [7, 11) is 1.48. The molecule has 0 saturated carbocycles. The van der Waals surface area contributed by atoms with Crippen LogP contribution in [0.4, 0.5) is 0 Å². The Labute approximate surface area is 103 Å². The molecule has 3 nitrogen and oxygen atoms in total. The normalized spacial score (nSPS) is 28.8. The van der Waals surface area contributed by atoms with Crippen LogP contribution in [0.15, 0.2) is 0 Å². The number of esters is 1. The van der Waals surface area contributed by atoms with Crippen molar-refractivity contribution in [1.82, 2.24) is 5.32 Å². The van der Waals surface area contributed by atoms with Gasteiger partial charge in [-0.05, 0) is 30.6 Å². The van der Waals surface area contributed by atoms with E-state index in [1.54, 1.807) is 0 Å². The topological polar surface area (TPSA) is 38.3 Å². The first-order valence-corrected chi connectivity index (χ1v) is 7.02. The van der Waals surface area contributed by atoms with Crippen molar-refractivity contribution in [2.45, 2.75) is 39.2 Å². The summed E-state index contributed by atoms with van der Waals surface area (Å²) in [6.45, 7) is 7.40. The molecular weight excluding hydrogens is 222 g/mol. The molecule has 0 spiro atoms. The fourth-order valence-corrected chi connectivity index (χ4v) is 3.72. The van der Waals surface area contributed by atoms with E-state index in [-0.39, 0.29) is 11.4 Å². The highest BCUT2D eigenvalue weighted by Gasteiger charge is 2.46. The van der Waals surface area contributed by atoms with Gasteiger partial charge in [0.05, 0.1) is 7.11 Å². The molecule has 0 aromatic carbocycles. The second kappa shape index (κ2) is 5.41. The zero-order chi connectivity index (χ0) is 12.2. The lowest BCUT2D eigenvalue weighted by molar-refractivity contribution is -0.149. The maximum Gasteiger partial charge on any atom is 0.326 e. The number of carbonyl (C=O) groups is 1. The van der Waals surface area contributed by atoms with Crippen molar-refractivity contribution < 1.29 is 9.53 Å². The van der Waals surface area contributed by atoms with Crippen LogP contribution in [0.25, 0.3) is 0 Å². The minimum atomic E-state index is -0.475. The van der Waals surface area contributed by atoms with Crippen molar-refractivity contribution in [1.29, 1.82) is 0 Å². The van der Waals surface area contributed by atoms with Crippen LogP contribution < -0.4 is 5.32 Å². The second-order valence-corrected chi connectivity index (χ2v) is 6.32. The van der Waals surface area contributed by atoms with Gasteiger partial charge in [-0.2, -0.15) is 11.8 Å². The monoisotopic (exact) mass is 245 g/mol. The van der Waals surface area contributed by atoms with Gasteiger partial charge in [0.2, 0.25) is 0 Å². The fourth-order valence-electron chi connectivity index (χ4n) is 2.30. The van der Waals surface area contributed by atoms with E-state index in [2.05, 4.69) is 26.1 Å². The summed E-state index contributed by atoms with van der Waals surface area (Å²) in [6.07, 6.45) is 1.89. The van der Waals surface area contributed by atoms with Crippen molar-refractivity contribution in [2.75, 3.05) is 25.2 Å². The average molecular weight is 245 g/mol. The van der Waals surface area contributed by atoms with Crippen molar-refractivity contribution in [3.63, 3.8) is 0 Å². The zero-order valence-corrected chi connectivity index (χ0v) is 11.6. The summed E-state index contributed by atoms with van der Waals surface area (Å²) in [5, 5.41) is 3.40. The smallest absolute Gasteiger partial charge is 0.326 e. The lowest BCUT2D eigenvalue weighted by Gasteiger charge is -2.43. The Morgan fingerprint density at radius 3 is 2.62 bits per heavy atom. The van der Waals surface area contributed by atoms with Crippen LogP contribution in [0.5, 0.6) is 0 Å². The molecule has 1 fully saturated rings. The third-order valence-electron chi connectivity index (χ3n) is 2.91. The highest BCUT2D eigenvalue weighted by molar-refractivity contribution is 7.99. The average Bonchev–Trinajstić information content (AvgIpc) is 2.24. The molecule has 1 N–H and O–H groups in total. The van der Waals surface area contributed by atoms with Gasteiger partial charge in [-0.25, -0.2) is 0 Å². The number of rotatable bonds is 4. The van der Waals surface area contributed by atoms with Crippen LogP contribution in [0.1, 0.15) is 33.6 Å². The minimum absolute atomic E-state index is 0.110. The zero-order valence-electron chi connectivity index (χ0n) is 10.8. The van der Waals surface area contributed by atoms with Gasteiger partial charge in [-0.3, -0.25) is 4.79 Å². The predicted octanol–water partition coefficient (Wildman–Crippen LogP) is 2.06. The van der Waals surface area contributed by atoms with Crippen LogP contribution in [0.3, 0.4) is 0 Å². The first-order chi connectivity index (χ1) is 7.46. The molecule has 0 aliphatic carbocycles. The highest BCUT2D eigenvalue weighted by Crippen LogP contribution is 2.39. The van der Waals surface area contributed by atoms with Crippen LogP contribution >= 0.6 is 11.8 Å². The van der Waals surface area contributed by atoms with Gasteiger partial charge in [-0.1, -0.05) is 20.8 Å². The second-order valence-electron chi connectivity index (χ2n) is 5.33. The standard InChI is InChI=1S/C12H23NO2S/c1-5-6-13-12(10(14)15-4)7-11(2,3)8-16-9-12/h13H,5-9H2,1-4H3. The van der Waals surface area contributed by atoms with Gasteiger partial charge < -0.3 is 10.1 Å². The van der Waals surface area contributed by atoms with Gasteiger partial charge >= 0.3 is 5.97 Å². The Bertz CT molecular complexity index is 255. The van der Waals surface area contributed by atoms with Crippen LogP contribution in [0.2, 0.25) is 0 Å². The molecular formula is C12H23NO2S. The van der Waals surface area contributed by atoms with E-state index in [9.17, 15) is 4.79 Å². The van der Waals surface area contributed by atoms with E-state index in [4.69, 9.17) is 4.74 Å². The third kappa shape index (κ3) is 3.14. The van der Waals surface area contributed by atoms with E-state index in [1.165, 1.54) is 7.11 Å². The van der Waals surface area contributed by atoms with Crippen molar-refractivity contribution >= 4 is 17.7 Å². The van der Waals surface area contributed by atoms with Gasteiger partial charge in [-0.15, -0.1) is 0 Å². The quantitative estimate of drug-likeness (QED) is 0.770. The molecule has 0 bridgehead atoms. The van der Waals surface area contributed by atoms with E-state index < -0.39 is 5.54 Å². The Hall–Kier alpha value is -0.220. The maximum atomic E-state index is 12.0. The minimum Gasteiger partial charge on any atom is -0.468 e. The molecule has 0 aromatic rings. The Morgan fingerprint density at radius 2 is 2.12 bits per heavy atom. The Morgan fingerprint density at radius 1 is 1.44 bits per heavy atom. The van der Waals surface area contributed by atoms with Crippen molar-refractivity contribution in [3.05, 3.63) is 0 Å². The lowest BCUT2D eigenvalue weighted by atomic mass is 9.79. The molecule has 1 unspecified atom stereocenters. The molecule has 94 valence electrons. The summed E-state index contributed by atoms with van der Waals surface area (Å²) in [4.78, 5) is 12.0. The summed E-state index contributed by atoms with van der Waals surface area (Å²) in [5.74, 6) is 1.82. The predicted molar refractivity (Wildman–Crippen MR) is 68.8 cm³/mol. The van der Waals surface area contributed by atoms with E-state index in [0.29, 0.717) is 0 Å². The first-order valence-electron chi connectivity index (χ1n) is 5.87. The Kier molecular flexibility index (Phi) is 4.68. The SMILES string of the molecule is CCCNC1(C(=O)OC)CSCC(C)(C)C1. The van der Waals surface area contributed by atoms with Gasteiger partial charge in [0, 0.05) is 5.75 Å². The molecule has 4 heteroatoms. The van der Waals surface area contributed by atoms with Crippen molar-refractivity contribution in [2.24, 2.45) is 5.41 Å². The fraction of sp³-hybridized carbons (Fsp3) is 0.917. The third-order valence-corrected chi connectivity index (χ3v) is 4.59. The number of hydrogen-bond donors (Lipinski definition) is 1. The number of methoxy groups -OCH3 is 1. The molecule has 0 amide bonds. The van der Waals surface area contributed by atoms with E-state index in [0.717, 1.165) is 30.9 Å². The summed E-state index contributed by atoms with van der Waals surface area (Å²) in [6, 6.07) is 0. The van der Waals surface area contributed by atoms with E-state index >= 15 is 0 Å². The number of carbonyl (C=O) groups excluding carboxylic acids is 1. The molecule has 0 radical (unpaired) electrons. The molecule has 16 heavy (non-hydrogen) atoms. The van der Waals surface area contributed by atoms with Crippen molar-refractivity contribution in [3.8, 4) is 0 Å². The highest BCUT2D eigenvalue weighted by atomic mass is 32.2. The van der Waals surface area contributed by atoms with Crippen LogP contribution in [-0.2, 0) is 9.53 Å². The Balaban J connectivity index is 2.81. The summed E-state index contributed by atoms with van der Waals surface area (Å²) < 4.78 is 4.97. The van der Waals surface area contributed by atoms with Gasteiger partial charge in [0.15, 0.2) is 0 Å². The largest absolute Gasteiger partial charge is 0.468 e. The molecule has 1 aliphatic heterocycles. The van der Waals surface area contributed by atoms with E-state index in [1.807, 2.05) is 11.8 Å². The van der Waals surface area contributed by atoms with Gasteiger partial charge in [0.25, 0.3) is 0 Å². The number of nitrogens with one attached hydrogen (secondary N) is 1. The first kappa shape index (κ1) is 13.8. The molecule has 1 atom stereocenters.